The van der Waals surface area contributed by atoms with Gasteiger partial charge in [-0.15, -0.1) is 11.3 Å². The second-order valence-corrected chi connectivity index (χ2v) is 24.5. The smallest absolute Gasteiger partial charge is 0.109 e. The number of fused-ring (bicyclic) bond motifs is 13. The Bertz CT molecular complexity index is 4830. The van der Waals surface area contributed by atoms with Crippen molar-refractivity contribution >= 4 is 54.9 Å². The van der Waals surface area contributed by atoms with Gasteiger partial charge in [-0.1, -0.05) is 293 Å². The first-order chi connectivity index (χ1) is 43.1. The van der Waals surface area contributed by atoms with Crippen molar-refractivity contribution in [1.29, 1.82) is 0 Å². The second kappa shape index (κ2) is 20.2. The maximum absolute atomic E-state index is 6.24. The van der Waals surface area contributed by atoms with E-state index in [1.165, 1.54) is 100 Å². The Hall–Kier alpha value is -10.3. The molecule has 0 spiro atoms. The molecule has 0 radical (unpaired) electrons. The average Bonchev–Trinajstić information content (AvgIpc) is 1.65. The lowest BCUT2D eigenvalue weighted by molar-refractivity contribution is 0.768. The lowest BCUT2D eigenvalue weighted by atomic mass is 9.67. The maximum Gasteiger partial charge on any atom is 0.109 e. The third kappa shape index (κ3) is 7.40. The van der Waals surface area contributed by atoms with E-state index in [-0.39, 0.29) is 0 Å². The summed E-state index contributed by atoms with van der Waals surface area (Å²) in [6.07, 6.45) is 1.87. The highest BCUT2D eigenvalue weighted by Gasteiger charge is 2.49. The summed E-state index contributed by atoms with van der Waals surface area (Å²) in [4.78, 5) is 14.7. The Morgan fingerprint density at radius 2 is 0.598 bits per heavy atom. The van der Waals surface area contributed by atoms with Crippen LogP contribution in [-0.2, 0) is 23.7 Å². The minimum atomic E-state index is -0.588. The Morgan fingerprint density at radius 3 is 0.977 bits per heavy atom. The number of nitrogens with zero attached hydrogens (tertiary/aromatic N) is 2. The topological polar surface area (TPSA) is 25.8 Å². The predicted octanol–water partition coefficient (Wildman–Crippen LogP) is 21.7. The van der Waals surface area contributed by atoms with E-state index in [1.54, 1.807) is 0 Å². The molecule has 13 aromatic carbocycles. The number of hydrogen-bond acceptors (Lipinski definition) is 3. The molecule has 0 bridgehead atoms. The van der Waals surface area contributed by atoms with Gasteiger partial charge in [0, 0.05) is 21.9 Å². The summed E-state index contributed by atoms with van der Waals surface area (Å²) in [5.74, 6) is 0. The molecule has 0 saturated carbocycles. The highest BCUT2D eigenvalue weighted by molar-refractivity contribution is 7.21. The van der Waals surface area contributed by atoms with E-state index >= 15 is 0 Å². The van der Waals surface area contributed by atoms with Crippen LogP contribution in [0, 0.1) is 0 Å². The summed E-state index contributed by atoms with van der Waals surface area (Å²) >= 11 is 1.85. The zero-order chi connectivity index (χ0) is 57.8. The molecule has 17 rings (SSSR count). The van der Waals surface area contributed by atoms with Crippen molar-refractivity contribution in [1.82, 2.24) is 9.97 Å². The predicted molar refractivity (Wildman–Crippen MR) is 365 cm³/mol. The number of benzene rings is 13. The van der Waals surface area contributed by atoms with Gasteiger partial charge >= 0.3 is 0 Å². The van der Waals surface area contributed by atoms with E-state index in [9.17, 15) is 0 Å². The number of aryl methyl sites for hydroxylation is 2. The zero-order valence-corrected chi connectivity index (χ0v) is 49.2. The van der Waals surface area contributed by atoms with Crippen LogP contribution in [-0.4, -0.2) is 9.97 Å². The summed E-state index contributed by atoms with van der Waals surface area (Å²) in [5.41, 5.74) is 27.2. The van der Waals surface area contributed by atoms with Crippen molar-refractivity contribution in [2.75, 3.05) is 0 Å². The first-order valence-electron chi connectivity index (χ1n) is 30.6. The molecule has 2 aliphatic rings. The molecule has 2 aliphatic carbocycles. The molecule has 0 atom stereocenters. The van der Waals surface area contributed by atoms with Gasteiger partial charge in [-0.3, -0.25) is 0 Å². The number of hydrogen-bond donors (Lipinski definition) is 0. The fourth-order valence-electron chi connectivity index (χ4n) is 15.6. The van der Waals surface area contributed by atoms with Crippen molar-refractivity contribution in [3.63, 3.8) is 0 Å². The monoisotopic (exact) mass is 1130 g/mol. The van der Waals surface area contributed by atoms with E-state index in [1.807, 2.05) is 11.3 Å². The van der Waals surface area contributed by atoms with Gasteiger partial charge in [0.15, 0.2) is 0 Å². The molecule has 0 N–H and O–H groups in total. The SMILES string of the molecule is CCc1ccccc1-c1ccc2c3ccc(-c4ccccc4CC)cc3c3nc4c(-c5cccc6c5-c5ccccc5C6(c5ccccc5)c5ccccc5)sc(-c5cccc6c5-c5ccccc5C6(c5ccccc5)c5ccccc5)c4nc3c2c1. The molecular weight excluding hydrogens is 1070 g/mol. The second-order valence-electron chi connectivity index (χ2n) is 23.4. The molecule has 410 valence electrons. The first-order valence-corrected chi connectivity index (χ1v) is 31.4. The Balaban J connectivity index is 1.03. The molecule has 0 saturated heterocycles. The third-order valence-electron chi connectivity index (χ3n) is 19.2. The summed E-state index contributed by atoms with van der Waals surface area (Å²) in [5, 5.41) is 4.52. The summed E-state index contributed by atoms with van der Waals surface area (Å²) in [6.45, 7) is 4.50. The molecule has 87 heavy (non-hydrogen) atoms. The minimum absolute atomic E-state index is 0.588. The average molecular weight is 1130 g/mol. The van der Waals surface area contributed by atoms with Gasteiger partial charge in [0.2, 0.25) is 0 Å². The molecule has 0 aliphatic heterocycles. The standard InChI is InChI=1S/C84H58N2S/c1-3-53-27-17-19-37-61(53)55-47-49-63-64-50-48-56(62-38-20-18-28-54(62)4-2)52-70(64)78-77(69(63)51-55)85-79-80(86-78)82(68-42-26-46-74-76(68)66-40-22-24-44-72(66)84(74,59-33-13-7-14-34-59)60-35-15-8-16-36-60)87-81(79)67-41-25-45-73-75(67)65-39-21-23-43-71(65)83(73,57-29-9-5-10-30-57)58-31-11-6-12-32-58/h5-52H,3-4H2,1-2H3. The van der Waals surface area contributed by atoms with E-state index in [4.69, 9.17) is 9.97 Å². The first kappa shape index (κ1) is 51.1. The van der Waals surface area contributed by atoms with E-state index in [0.717, 1.165) is 77.3 Å². The van der Waals surface area contributed by atoms with Crippen LogP contribution in [0.4, 0.5) is 0 Å². The van der Waals surface area contributed by atoms with Crippen molar-refractivity contribution in [2.45, 2.75) is 37.5 Å². The Morgan fingerprint density at radius 1 is 0.276 bits per heavy atom. The lowest BCUT2D eigenvalue weighted by Crippen LogP contribution is -2.28. The summed E-state index contributed by atoms with van der Waals surface area (Å²) in [6, 6.07) is 109. The van der Waals surface area contributed by atoms with Gasteiger partial charge in [0.25, 0.3) is 0 Å². The molecule has 3 heteroatoms. The van der Waals surface area contributed by atoms with Crippen LogP contribution in [0.5, 0.6) is 0 Å². The van der Waals surface area contributed by atoms with Crippen molar-refractivity contribution < 1.29 is 0 Å². The van der Waals surface area contributed by atoms with Gasteiger partial charge in [-0.05, 0) is 136 Å². The van der Waals surface area contributed by atoms with Gasteiger partial charge in [-0.2, -0.15) is 0 Å². The largest absolute Gasteiger partial charge is 0.242 e. The molecular formula is C84H58N2S. The van der Waals surface area contributed by atoms with Crippen LogP contribution in [0.3, 0.4) is 0 Å². The molecule has 0 amide bonds. The van der Waals surface area contributed by atoms with Crippen LogP contribution in [0.1, 0.15) is 69.5 Å². The fourth-order valence-corrected chi connectivity index (χ4v) is 16.8. The molecule has 0 fully saturated rings. The molecule has 2 nitrogen and oxygen atoms in total. The summed E-state index contributed by atoms with van der Waals surface area (Å²) in [7, 11) is 0. The van der Waals surface area contributed by atoms with Crippen LogP contribution in [0.15, 0.2) is 291 Å². The molecule has 0 unspecified atom stereocenters. The minimum Gasteiger partial charge on any atom is -0.242 e. The summed E-state index contributed by atoms with van der Waals surface area (Å²) < 4.78 is 0. The normalized spacial score (nSPS) is 13.4. The Labute approximate surface area is 511 Å². The Kier molecular flexibility index (Phi) is 11.9. The van der Waals surface area contributed by atoms with Gasteiger partial charge < -0.3 is 0 Å². The van der Waals surface area contributed by atoms with Crippen LogP contribution >= 0.6 is 11.3 Å². The quantitative estimate of drug-likeness (QED) is 0.128. The highest BCUT2D eigenvalue weighted by Crippen LogP contribution is 2.62. The van der Waals surface area contributed by atoms with Gasteiger partial charge in [0.1, 0.15) is 11.0 Å². The number of aromatic nitrogens is 2. The molecule has 15 aromatic rings. The van der Waals surface area contributed by atoms with Gasteiger partial charge in [-0.25, -0.2) is 9.97 Å². The zero-order valence-electron chi connectivity index (χ0n) is 48.4. The number of rotatable bonds is 10. The lowest BCUT2D eigenvalue weighted by Gasteiger charge is -2.34. The molecule has 2 aromatic heterocycles. The van der Waals surface area contributed by atoms with Crippen molar-refractivity contribution in [3.8, 4) is 65.4 Å². The third-order valence-corrected chi connectivity index (χ3v) is 20.5. The van der Waals surface area contributed by atoms with Crippen LogP contribution < -0.4 is 0 Å². The van der Waals surface area contributed by atoms with E-state index < -0.39 is 10.8 Å². The van der Waals surface area contributed by atoms with E-state index in [0.29, 0.717) is 0 Å². The maximum atomic E-state index is 6.24. The van der Waals surface area contributed by atoms with Crippen molar-refractivity contribution in [2.24, 2.45) is 0 Å². The van der Waals surface area contributed by atoms with Gasteiger partial charge in [0.05, 0.1) is 31.6 Å². The highest BCUT2D eigenvalue weighted by atomic mass is 32.1. The van der Waals surface area contributed by atoms with Crippen LogP contribution in [0.2, 0.25) is 0 Å². The van der Waals surface area contributed by atoms with Crippen LogP contribution in [0.25, 0.3) is 109 Å². The molecule has 2 heterocycles. The fraction of sp³-hybridized carbons (Fsp3) is 0.0714. The van der Waals surface area contributed by atoms with E-state index in [2.05, 4.69) is 305 Å². The van der Waals surface area contributed by atoms with Crippen molar-refractivity contribution in [3.05, 3.63) is 347 Å². The number of thiophene rings is 1.